The maximum absolute atomic E-state index is 9.77. The van der Waals surface area contributed by atoms with Gasteiger partial charge in [-0.25, -0.2) is 0 Å². The Bertz CT molecular complexity index is 346. The minimum atomic E-state index is 0.283. The van der Waals surface area contributed by atoms with Gasteiger partial charge in [0.25, 0.3) is 0 Å². The highest BCUT2D eigenvalue weighted by molar-refractivity contribution is 7.07. The van der Waals surface area contributed by atoms with E-state index in [1.807, 2.05) is 0 Å². The Hall–Kier alpha value is -0.340. The third-order valence-corrected chi connectivity index (χ3v) is 5.64. The molecule has 0 aliphatic heterocycles. The standard InChI is InChI=1S/C14H20OS/c15-10-14(5-3-11-4-6-16-9-11)8-12-1-2-13(14)7-12/h4,6,9,12-13,15H,1-3,5,7-8,10H2. The molecule has 0 radical (unpaired) electrons. The van der Waals surface area contributed by atoms with Crippen molar-refractivity contribution < 1.29 is 5.11 Å². The minimum absolute atomic E-state index is 0.283. The third kappa shape index (κ3) is 1.72. The predicted octanol–water partition coefficient (Wildman–Crippen LogP) is 3.48. The van der Waals surface area contributed by atoms with Crippen LogP contribution in [0.5, 0.6) is 0 Å². The largest absolute Gasteiger partial charge is 0.396 e. The van der Waals surface area contributed by atoms with Gasteiger partial charge in [0.1, 0.15) is 0 Å². The fourth-order valence-electron chi connectivity index (χ4n) is 3.97. The average Bonchev–Trinajstić information content (AvgIpc) is 3.02. The molecule has 2 aliphatic rings. The van der Waals surface area contributed by atoms with Crippen LogP contribution in [0, 0.1) is 17.3 Å². The van der Waals surface area contributed by atoms with E-state index in [-0.39, 0.29) is 5.41 Å². The maximum Gasteiger partial charge on any atom is 0.0490 e. The Balaban J connectivity index is 1.67. The van der Waals surface area contributed by atoms with E-state index in [9.17, 15) is 5.11 Å². The molecule has 2 heteroatoms. The van der Waals surface area contributed by atoms with Gasteiger partial charge in [0.15, 0.2) is 0 Å². The first-order valence-corrected chi connectivity index (χ1v) is 7.39. The highest BCUT2D eigenvalue weighted by Crippen LogP contribution is 2.57. The number of fused-ring (bicyclic) bond motifs is 2. The highest BCUT2D eigenvalue weighted by atomic mass is 32.1. The second kappa shape index (κ2) is 4.15. The zero-order valence-corrected chi connectivity index (χ0v) is 10.5. The zero-order valence-electron chi connectivity index (χ0n) is 9.69. The first-order chi connectivity index (χ1) is 7.82. The SMILES string of the molecule is OCC1(CCc2ccsc2)CC2CCC1C2. The summed E-state index contributed by atoms with van der Waals surface area (Å²) in [6.45, 7) is 0.415. The molecular formula is C14H20OS. The van der Waals surface area contributed by atoms with Crippen LogP contribution in [0.15, 0.2) is 16.8 Å². The van der Waals surface area contributed by atoms with E-state index in [1.54, 1.807) is 11.3 Å². The topological polar surface area (TPSA) is 20.2 Å². The summed E-state index contributed by atoms with van der Waals surface area (Å²) in [7, 11) is 0. The lowest BCUT2D eigenvalue weighted by Crippen LogP contribution is -2.32. The zero-order chi connectivity index (χ0) is 11.0. The smallest absolute Gasteiger partial charge is 0.0490 e. The molecule has 1 nitrogen and oxygen atoms in total. The molecule has 3 unspecified atom stereocenters. The molecule has 2 aliphatic carbocycles. The van der Waals surface area contributed by atoms with Crippen LogP contribution in [0.4, 0.5) is 0 Å². The molecule has 0 amide bonds. The molecule has 3 rings (SSSR count). The fourth-order valence-corrected chi connectivity index (χ4v) is 4.67. The molecule has 1 heterocycles. The summed E-state index contributed by atoms with van der Waals surface area (Å²) in [5.41, 5.74) is 1.74. The van der Waals surface area contributed by atoms with Crippen LogP contribution < -0.4 is 0 Å². The van der Waals surface area contributed by atoms with Crippen molar-refractivity contribution in [1.29, 1.82) is 0 Å². The number of hydrogen-bond acceptors (Lipinski definition) is 2. The number of rotatable bonds is 4. The Kier molecular flexibility index (Phi) is 2.80. The van der Waals surface area contributed by atoms with Crippen LogP contribution in [-0.4, -0.2) is 11.7 Å². The average molecular weight is 236 g/mol. The Morgan fingerprint density at radius 2 is 2.38 bits per heavy atom. The van der Waals surface area contributed by atoms with Crippen LogP contribution in [0.2, 0.25) is 0 Å². The lowest BCUT2D eigenvalue weighted by molar-refractivity contribution is 0.0566. The molecule has 2 saturated carbocycles. The van der Waals surface area contributed by atoms with Gasteiger partial charge in [-0.2, -0.15) is 11.3 Å². The van der Waals surface area contributed by atoms with Gasteiger partial charge in [0.05, 0.1) is 0 Å². The van der Waals surface area contributed by atoms with E-state index in [0.29, 0.717) is 6.61 Å². The number of aryl methyl sites for hydroxylation is 1. The molecule has 88 valence electrons. The molecule has 2 fully saturated rings. The van der Waals surface area contributed by atoms with Crippen molar-refractivity contribution >= 4 is 11.3 Å². The molecule has 1 N–H and O–H groups in total. The van der Waals surface area contributed by atoms with E-state index in [2.05, 4.69) is 16.8 Å². The monoisotopic (exact) mass is 236 g/mol. The first-order valence-electron chi connectivity index (χ1n) is 6.44. The van der Waals surface area contributed by atoms with Crippen molar-refractivity contribution in [3.05, 3.63) is 22.4 Å². The van der Waals surface area contributed by atoms with E-state index >= 15 is 0 Å². The normalized spacial score (nSPS) is 37.1. The Labute approximate surface area is 102 Å². The molecule has 16 heavy (non-hydrogen) atoms. The lowest BCUT2D eigenvalue weighted by Gasteiger charge is -2.36. The van der Waals surface area contributed by atoms with Crippen molar-refractivity contribution in [3.63, 3.8) is 0 Å². The summed E-state index contributed by atoms with van der Waals surface area (Å²) >= 11 is 1.78. The van der Waals surface area contributed by atoms with Gasteiger partial charge in [-0.1, -0.05) is 6.42 Å². The van der Waals surface area contributed by atoms with E-state index in [0.717, 1.165) is 18.3 Å². The molecule has 3 atom stereocenters. The molecule has 1 aromatic rings. The van der Waals surface area contributed by atoms with Gasteiger partial charge >= 0.3 is 0 Å². The van der Waals surface area contributed by atoms with Crippen LogP contribution >= 0.6 is 11.3 Å². The maximum atomic E-state index is 9.77. The highest BCUT2D eigenvalue weighted by Gasteiger charge is 2.49. The van der Waals surface area contributed by atoms with Crippen molar-refractivity contribution in [2.24, 2.45) is 17.3 Å². The summed E-state index contributed by atoms with van der Waals surface area (Å²) in [6, 6.07) is 2.23. The Morgan fingerprint density at radius 1 is 1.44 bits per heavy atom. The lowest BCUT2D eigenvalue weighted by atomic mass is 9.70. The molecule has 1 aromatic heterocycles. The molecule has 0 aromatic carbocycles. The number of aliphatic hydroxyl groups is 1. The predicted molar refractivity (Wildman–Crippen MR) is 67.6 cm³/mol. The fraction of sp³-hybridized carbons (Fsp3) is 0.714. The first kappa shape index (κ1) is 10.8. The number of thiophene rings is 1. The molecular weight excluding hydrogens is 216 g/mol. The third-order valence-electron chi connectivity index (χ3n) is 4.91. The van der Waals surface area contributed by atoms with Gasteiger partial charge in [0.2, 0.25) is 0 Å². The number of aliphatic hydroxyl groups excluding tert-OH is 1. The van der Waals surface area contributed by atoms with Crippen LogP contribution in [-0.2, 0) is 6.42 Å². The summed E-state index contributed by atoms with van der Waals surface area (Å²) in [5, 5.41) is 14.2. The van der Waals surface area contributed by atoms with Gasteiger partial charge in [-0.3, -0.25) is 0 Å². The van der Waals surface area contributed by atoms with E-state index in [1.165, 1.54) is 37.7 Å². The van der Waals surface area contributed by atoms with Gasteiger partial charge < -0.3 is 5.11 Å². The summed E-state index contributed by atoms with van der Waals surface area (Å²) in [6.07, 6.45) is 7.83. The second-order valence-electron chi connectivity index (χ2n) is 5.73. The van der Waals surface area contributed by atoms with Gasteiger partial charge in [-0.05, 0) is 71.7 Å². The minimum Gasteiger partial charge on any atom is -0.396 e. The second-order valence-corrected chi connectivity index (χ2v) is 6.51. The van der Waals surface area contributed by atoms with Crippen molar-refractivity contribution in [3.8, 4) is 0 Å². The summed E-state index contributed by atoms with van der Waals surface area (Å²) < 4.78 is 0. The summed E-state index contributed by atoms with van der Waals surface area (Å²) in [5.74, 6) is 1.75. The van der Waals surface area contributed by atoms with E-state index < -0.39 is 0 Å². The van der Waals surface area contributed by atoms with E-state index in [4.69, 9.17) is 0 Å². The molecule has 0 spiro atoms. The van der Waals surface area contributed by atoms with Crippen LogP contribution in [0.3, 0.4) is 0 Å². The Morgan fingerprint density at radius 3 is 2.94 bits per heavy atom. The van der Waals surface area contributed by atoms with Crippen LogP contribution in [0.25, 0.3) is 0 Å². The van der Waals surface area contributed by atoms with Crippen molar-refractivity contribution in [1.82, 2.24) is 0 Å². The number of hydrogen-bond donors (Lipinski definition) is 1. The van der Waals surface area contributed by atoms with Crippen molar-refractivity contribution in [2.45, 2.75) is 38.5 Å². The van der Waals surface area contributed by atoms with Gasteiger partial charge in [-0.15, -0.1) is 0 Å². The van der Waals surface area contributed by atoms with Gasteiger partial charge in [0, 0.05) is 6.61 Å². The molecule has 0 saturated heterocycles. The quantitative estimate of drug-likeness (QED) is 0.848. The summed E-state index contributed by atoms with van der Waals surface area (Å²) in [4.78, 5) is 0. The van der Waals surface area contributed by atoms with Crippen molar-refractivity contribution in [2.75, 3.05) is 6.61 Å². The molecule has 2 bridgehead atoms. The van der Waals surface area contributed by atoms with Crippen LogP contribution in [0.1, 0.15) is 37.7 Å².